The largest absolute Gasteiger partial charge is 0.310 e. The Hall–Kier alpha value is -1.01. The van der Waals surface area contributed by atoms with Crippen LogP contribution in [0.15, 0.2) is 18.2 Å². The summed E-state index contributed by atoms with van der Waals surface area (Å²) in [5.74, 6) is -1.20. The number of nitrogens with one attached hydrogen (secondary N) is 1. The fourth-order valence-electron chi connectivity index (χ4n) is 1.92. The molecule has 2 unspecified atom stereocenters. The molecule has 0 heterocycles. The third-order valence-corrected chi connectivity index (χ3v) is 3.96. The van der Waals surface area contributed by atoms with Crippen LogP contribution in [-0.2, 0) is 9.84 Å². The molecule has 0 aliphatic heterocycles. The Morgan fingerprint density at radius 2 is 1.89 bits per heavy atom. The molecule has 0 spiro atoms. The van der Waals surface area contributed by atoms with E-state index in [4.69, 9.17) is 0 Å². The molecule has 0 amide bonds. The number of halogens is 2. The normalized spacial score (nSPS) is 15.2. The second-order valence-electron chi connectivity index (χ2n) is 4.99. The fourth-order valence-corrected chi connectivity index (χ4v) is 3.07. The van der Waals surface area contributed by atoms with E-state index >= 15 is 0 Å². The summed E-state index contributed by atoms with van der Waals surface area (Å²) in [7, 11) is -3.01. The Morgan fingerprint density at radius 3 is 2.42 bits per heavy atom. The zero-order valence-electron chi connectivity index (χ0n) is 11.3. The lowest BCUT2D eigenvalue weighted by atomic mass is 10.1. The molecule has 108 valence electrons. The van der Waals surface area contributed by atoms with Gasteiger partial charge in [-0.15, -0.1) is 0 Å². The minimum Gasteiger partial charge on any atom is -0.310 e. The predicted molar refractivity (Wildman–Crippen MR) is 71.7 cm³/mol. The molecular weight excluding hydrogens is 272 g/mol. The Balaban J connectivity index is 2.58. The van der Waals surface area contributed by atoms with Crippen LogP contribution in [-0.4, -0.2) is 27.0 Å². The monoisotopic (exact) mass is 291 g/mol. The van der Waals surface area contributed by atoms with Gasteiger partial charge in [-0.2, -0.15) is 0 Å². The average Bonchev–Trinajstić information content (AvgIpc) is 2.23. The van der Waals surface area contributed by atoms with Crippen molar-refractivity contribution < 1.29 is 17.2 Å². The lowest BCUT2D eigenvalue weighted by Crippen LogP contribution is -2.28. The molecule has 0 radical (unpaired) electrons. The van der Waals surface area contributed by atoms with E-state index in [1.54, 1.807) is 6.92 Å². The molecule has 2 atom stereocenters. The standard InChI is InChI=1S/C13H19F2NO2S/c1-9(8-19(3,17)18)7-16-10(2)12-5-4-11(14)6-13(12)15/h4-6,9-10,16H,7-8H2,1-3H3. The number of hydrogen-bond acceptors (Lipinski definition) is 3. The first-order valence-corrected chi connectivity index (χ1v) is 8.11. The van der Waals surface area contributed by atoms with Crippen molar-refractivity contribution in [2.75, 3.05) is 18.6 Å². The highest BCUT2D eigenvalue weighted by Crippen LogP contribution is 2.17. The van der Waals surface area contributed by atoms with E-state index in [9.17, 15) is 17.2 Å². The quantitative estimate of drug-likeness (QED) is 0.875. The van der Waals surface area contributed by atoms with Gasteiger partial charge in [-0.1, -0.05) is 13.0 Å². The van der Waals surface area contributed by atoms with Crippen molar-refractivity contribution >= 4 is 9.84 Å². The second kappa shape index (κ2) is 6.43. The molecular formula is C13H19F2NO2S. The van der Waals surface area contributed by atoms with Crippen LogP contribution in [0.25, 0.3) is 0 Å². The minimum absolute atomic E-state index is 0.0686. The molecule has 19 heavy (non-hydrogen) atoms. The van der Waals surface area contributed by atoms with Crippen molar-refractivity contribution in [2.24, 2.45) is 5.92 Å². The van der Waals surface area contributed by atoms with Crippen molar-refractivity contribution in [3.8, 4) is 0 Å². The van der Waals surface area contributed by atoms with Gasteiger partial charge in [0.25, 0.3) is 0 Å². The van der Waals surface area contributed by atoms with Gasteiger partial charge in [0.05, 0.1) is 5.75 Å². The molecule has 0 aromatic heterocycles. The molecule has 3 nitrogen and oxygen atoms in total. The summed E-state index contributed by atoms with van der Waals surface area (Å²) in [5, 5.41) is 3.05. The van der Waals surface area contributed by atoms with Crippen molar-refractivity contribution in [3.05, 3.63) is 35.4 Å². The van der Waals surface area contributed by atoms with Crippen molar-refractivity contribution in [2.45, 2.75) is 19.9 Å². The van der Waals surface area contributed by atoms with Gasteiger partial charge in [-0.3, -0.25) is 0 Å². The molecule has 1 N–H and O–H groups in total. The molecule has 0 aliphatic carbocycles. The molecule has 0 fully saturated rings. The van der Waals surface area contributed by atoms with Crippen molar-refractivity contribution in [1.82, 2.24) is 5.32 Å². The number of benzene rings is 1. The van der Waals surface area contributed by atoms with E-state index in [0.717, 1.165) is 6.07 Å². The fraction of sp³-hybridized carbons (Fsp3) is 0.538. The van der Waals surface area contributed by atoms with Crippen LogP contribution >= 0.6 is 0 Å². The zero-order chi connectivity index (χ0) is 14.6. The summed E-state index contributed by atoms with van der Waals surface area (Å²) >= 11 is 0. The highest BCUT2D eigenvalue weighted by atomic mass is 32.2. The molecule has 6 heteroatoms. The van der Waals surface area contributed by atoms with Crippen LogP contribution < -0.4 is 5.32 Å². The first-order chi connectivity index (χ1) is 8.69. The third-order valence-electron chi connectivity index (χ3n) is 2.79. The lowest BCUT2D eigenvalue weighted by molar-refractivity contribution is 0.473. The van der Waals surface area contributed by atoms with Gasteiger partial charge in [0.1, 0.15) is 21.5 Å². The van der Waals surface area contributed by atoms with Crippen LogP contribution in [0.4, 0.5) is 8.78 Å². The molecule has 0 aliphatic rings. The molecule has 0 saturated carbocycles. The van der Waals surface area contributed by atoms with Gasteiger partial charge in [-0.25, -0.2) is 17.2 Å². The van der Waals surface area contributed by atoms with Gasteiger partial charge in [0.2, 0.25) is 0 Å². The molecule has 1 aromatic rings. The highest BCUT2D eigenvalue weighted by Gasteiger charge is 2.14. The SMILES string of the molecule is CC(CNC(C)c1ccc(F)cc1F)CS(C)(=O)=O. The maximum absolute atomic E-state index is 13.5. The summed E-state index contributed by atoms with van der Waals surface area (Å²) in [6, 6.07) is 3.13. The highest BCUT2D eigenvalue weighted by molar-refractivity contribution is 7.90. The van der Waals surface area contributed by atoms with E-state index in [0.29, 0.717) is 12.1 Å². The Morgan fingerprint density at radius 1 is 1.26 bits per heavy atom. The first kappa shape index (κ1) is 16.0. The summed E-state index contributed by atoms with van der Waals surface area (Å²) in [4.78, 5) is 0. The predicted octanol–water partition coefficient (Wildman–Crippen LogP) is 2.30. The first-order valence-electron chi connectivity index (χ1n) is 6.05. The van der Waals surface area contributed by atoms with E-state index in [1.807, 2.05) is 6.92 Å². The summed E-state index contributed by atoms with van der Waals surface area (Å²) < 4.78 is 48.5. The van der Waals surface area contributed by atoms with Gasteiger partial charge >= 0.3 is 0 Å². The number of rotatable bonds is 6. The number of sulfone groups is 1. The smallest absolute Gasteiger partial charge is 0.147 e. The number of hydrogen-bond donors (Lipinski definition) is 1. The van der Waals surface area contributed by atoms with Gasteiger partial charge in [0, 0.05) is 23.9 Å². The summed E-state index contributed by atoms with van der Waals surface area (Å²) in [6.45, 7) is 4.01. The van der Waals surface area contributed by atoms with Crippen molar-refractivity contribution in [3.63, 3.8) is 0 Å². The minimum atomic E-state index is -3.01. The molecule has 0 saturated heterocycles. The van der Waals surface area contributed by atoms with Crippen LogP contribution in [0, 0.1) is 17.6 Å². The van der Waals surface area contributed by atoms with E-state index in [2.05, 4.69) is 5.32 Å². The molecule has 0 bridgehead atoms. The zero-order valence-corrected chi connectivity index (χ0v) is 12.1. The van der Waals surface area contributed by atoms with E-state index < -0.39 is 21.5 Å². The Kier molecular flexibility index (Phi) is 5.43. The summed E-state index contributed by atoms with van der Waals surface area (Å²) in [6.07, 6.45) is 1.19. The van der Waals surface area contributed by atoms with Crippen LogP contribution in [0.2, 0.25) is 0 Å². The van der Waals surface area contributed by atoms with Crippen LogP contribution in [0.5, 0.6) is 0 Å². The van der Waals surface area contributed by atoms with E-state index in [-0.39, 0.29) is 17.7 Å². The topological polar surface area (TPSA) is 46.2 Å². The Bertz CT molecular complexity index is 531. The van der Waals surface area contributed by atoms with Crippen LogP contribution in [0.3, 0.4) is 0 Å². The molecule has 1 rings (SSSR count). The molecule has 1 aromatic carbocycles. The Labute approximate surface area is 112 Å². The average molecular weight is 291 g/mol. The van der Waals surface area contributed by atoms with Crippen LogP contribution in [0.1, 0.15) is 25.5 Å². The van der Waals surface area contributed by atoms with E-state index in [1.165, 1.54) is 18.4 Å². The van der Waals surface area contributed by atoms with Gasteiger partial charge in [-0.05, 0) is 25.5 Å². The second-order valence-corrected chi connectivity index (χ2v) is 7.18. The van der Waals surface area contributed by atoms with Gasteiger partial charge < -0.3 is 5.32 Å². The maximum atomic E-state index is 13.5. The van der Waals surface area contributed by atoms with Gasteiger partial charge in [0.15, 0.2) is 0 Å². The third kappa shape index (κ3) is 5.65. The summed E-state index contributed by atoms with van der Waals surface area (Å²) in [5.41, 5.74) is 0.368. The lowest BCUT2D eigenvalue weighted by Gasteiger charge is -2.18. The van der Waals surface area contributed by atoms with Crippen molar-refractivity contribution in [1.29, 1.82) is 0 Å². The maximum Gasteiger partial charge on any atom is 0.147 e.